The van der Waals surface area contributed by atoms with Crippen molar-refractivity contribution in [2.75, 3.05) is 14.2 Å². The first-order valence-electron chi connectivity index (χ1n) is 7.89. The average Bonchev–Trinajstić information content (AvgIpc) is 2.66. The van der Waals surface area contributed by atoms with E-state index in [-0.39, 0.29) is 13.0 Å². The van der Waals surface area contributed by atoms with Gasteiger partial charge in [-0.05, 0) is 23.3 Å². The van der Waals surface area contributed by atoms with Crippen molar-refractivity contribution in [1.29, 1.82) is 0 Å². The summed E-state index contributed by atoms with van der Waals surface area (Å²) in [5.41, 5.74) is -1.39. The molecule has 0 aliphatic carbocycles. The van der Waals surface area contributed by atoms with Gasteiger partial charge in [0.15, 0.2) is 0 Å². The number of hydrogen-bond acceptors (Lipinski definition) is 5. The lowest BCUT2D eigenvalue weighted by atomic mass is 9.93. The second-order valence-electron chi connectivity index (χ2n) is 5.73. The third kappa shape index (κ3) is 4.52. The molecule has 7 heteroatoms. The summed E-state index contributed by atoms with van der Waals surface area (Å²) in [6.45, 7) is 0.0107. The van der Waals surface area contributed by atoms with Crippen LogP contribution >= 0.6 is 0 Å². The lowest BCUT2D eigenvalue weighted by Crippen LogP contribution is -2.54. The molecule has 0 spiro atoms. The van der Waals surface area contributed by atoms with E-state index in [2.05, 4.69) is 5.32 Å². The predicted octanol–water partition coefficient (Wildman–Crippen LogP) is 1.38. The first kappa shape index (κ1) is 19.3. The van der Waals surface area contributed by atoms with Gasteiger partial charge in [-0.3, -0.25) is 4.79 Å². The summed E-state index contributed by atoms with van der Waals surface area (Å²) in [7, 11) is 3.00. The topological polar surface area (TPSA) is 105 Å². The predicted molar refractivity (Wildman–Crippen MR) is 94.1 cm³/mol. The Morgan fingerprint density at radius 3 is 2.08 bits per heavy atom. The molecule has 0 unspecified atom stereocenters. The zero-order valence-corrected chi connectivity index (χ0v) is 14.6. The van der Waals surface area contributed by atoms with E-state index in [0.717, 1.165) is 0 Å². The lowest BCUT2D eigenvalue weighted by molar-refractivity contribution is -0.166. The fraction of sp³-hybridized carbons (Fsp3) is 0.263. The third-order valence-electron chi connectivity index (χ3n) is 3.90. The number of carbonyl (C=O) groups is 2. The molecule has 0 bridgehead atoms. The molecule has 3 N–H and O–H groups in total. The highest BCUT2D eigenvalue weighted by Gasteiger charge is 2.44. The Morgan fingerprint density at radius 2 is 1.58 bits per heavy atom. The van der Waals surface area contributed by atoms with Gasteiger partial charge in [0.05, 0.1) is 14.2 Å². The number of amides is 1. The highest BCUT2D eigenvalue weighted by atomic mass is 16.5. The molecule has 26 heavy (non-hydrogen) atoms. The standard InChI is InChI=1S/C19H21NO6/c1-25-15-8-14(9-16(10-15)26-2)12-20-17(21)19(24,18(22)23)11-13-6-4-3-5-7-13/h3-10,24H,11-12H2,1-2H3,(H,20,21)(H,22,23)/t19-/m1/s1. The molecule has 2 aromatic rings. The van der Waals surface area contributed by atoms with Crippen LogP contribution in [0.3, 0.4) is 0 Å². The van der Waals surface area contributed by atoms with Gasteiger partial charge in [-0.25, -0.2) is 4.79 Å². The molecular formula is C19H21NO6. The number of benzene rings is 2. The van der Waals surface area contributed by atoms with E-state index in [1.54, 1.807) is 48.5 Å². The van der Waals surface area contributed by atoms with Crippen LogP contribution in [0.25, 0.3) is 0 Å². The van der Waals surface area contributed by atoms with E-state index in [9.17, 15) is 19.8 Å². The Kier molecular flexibility index (Phi) is 6.19. The maximum atomic E-state index is 12.4. The van der Waals surface area contributed by atoms with Gasteiger partial charge >= 0.3 is 5.97 Å². The SMILES string of the molecule is COc1cc(CNC(=O)[C@](O)(Cc2ccccc2)C(=O)O)cc(OC)c1. The third-order valence-corrected chi connectivity index (χ3v) is 3.90. The van der Waals surface area contributed by atoms with Gasteiger partial charge in [-0.2, -0.15) is 0 Å². The number of hydrogen-bond donors (Lipinski definition) is 3. The van der Waals surface area contributed by atoms with Crippen molar-refractivity contribution >= 4 is 11.9 Å². The number of aliphatic hydroxyl groups is 1. The monoisotopic (exact) mass is 359 g/mol. The Balaban J connectivity index is 2.14. The molecule has 0 saturated heterocycles. The molecule has 2 rings (SSSR count). The first-order chi connectivity index (χ1) is 12.4. The Hall–Kier alpha value is -3.06. The summed E-state index contributed by atoms with van der Waals surface area (Å²) in [4.78, 5) is 23.9. The summed E-state index contributed by atoms with van der Waals surface area (Å²) in [6.07, 6.45) is -0.337. The number of carboxylic acids is 1. The number of carbonyl (C=O) groups excluding carboxylic acids is 1. The van der Waals surface area contributed by atoms with E-state index in [1.165, 1.54) is 14.2 Å². The fourth-order valence-electron chi connectivity index (χ4n) is 2.44. The van der Waals surface area contributed by atoms with Crippen LogP contribution in [0.1, 0.15) is 11.1 Å². The van der Waals surface area contributed by atoms with Crippen LogP contribution in [-0.2, 0) is 22.6 Å². The number of methoxy groups -OCH3 is 2. The minimum Gasteiger partial charge on any atom is -0.497 e. The number of carboxylic acid groups (broad SMARTS) is 1. The van der Waals surface area contributed by atoms with E-state index >= 15 is 0 Å². The van der Waals surface area contributed by atoms with Crippen molar-refractivity contribution in [2.45, 2.75) is 18.6 Å². The minimum absolute atomic E-state index is 0.0107. The molecule has 1 amide bonds. The van der Waals surface area contributed by atoms with Gasteiger partial charge in [0.1, 0.15) is 11.5 Å². The largest absolute Gasteiger partial charge is 0.497 e. The second kappa shape index (κ2) is 8.35. The van der Waals surface area contributed by atoms with Gasteiger partial charge < -0.3 is 25.0 Å². The fourth-order valence-corrected chi connectivity index (χ4v) is 2.44. The number of nitrogens with one attached hydrogen (secondary N) is 1. The van der Waals surface area contributed by atoms with Crippen LogP contribution in [0, 0.1) is 0 Å². The Morgan fingerprint density at radius 1 is 1.00 bits per heavy atom. The zero-order chi connectivity index (χ0) is 19.2. The summed E-state index contributed by atoms with van der Waals surface area (Å²) in [5, 5.41) is 22.3. The van der Waals surface area contributed by atoms with E-state index < -0.39 is 17.5 Å². The number of ether oxygens (including phenoxy) is 2. The maximum Gasteiger partial charge on any atom is 0.346 e. The maximum absolute atomic E-state index is 12.4. The van der Waals surface area contributed by atoms with Crippen LogP contribution < -0.4 is 14.8 Å². The summed E-state index contributed by atoms with van der Waals surface area (Å²) in [5.74, 6) is -1.53. The smallest absolute Gasteiger partial charge is 0.346 e. The van der Waals surface area contributed by atoms with Gasteiger partial charge in [-0.15, -0.1) is 0 Å². The van der Waals surface area contributed by atoms with Crippen molar-refractivity contribution in [3.63, 3.8) is 0 Å². The molecule has 0 aliphatic rings. The van der Waals surface area contributed by atoms with Crippen molar-refractivity contribution < 1.29 is 29.3 Å². The van der Waals surface area contributed by atoms with Crippen molar-refractivity contribution in [3.8, 4) is 11.5 Å². The summed E-state index contributed by atoms with van der Waals surface area (Å²) >= 11 is 0. The van der Waals surface area contributed by atoms with Gasteiger partial charge in [-0.1, -0.05) is 30.3 Å². The minimum atomic E-state index is -2.57. The molecule has 0 heterocycles. The molecule has 138 valence electrons. The molecule has 0 saturated carbocycles. The van der Waals surface area contributed by atoms with Crippen LogP contribution in [0.2, 0.25) is 0 Å². The summed E-state index contributed by atoms with van der Waals surface area (Å²) in [6, 6.07) is 13.5. The highest BCUT2D eigenvalue weighted by Crippen LogP contribution is 2.22. The average molecular weight is 359 g/mol. The molecule has 2 aromatic carbocycles. The summed E-state index contributed by atoms with van der Waals surface area (Å²) < 4.78 is 10.3. The first-order valence-corrected chi connectivity index (χ1v) is 7.89. The molecule has 0 radical (unpaired) electrons. The molecule has 0 aliphatic heterocycles. The number of aliphatic carboxylic acids is 1. The van der Waals surface area contributed by atoms with Gasteiger partial charge in [0, 0.05) is 19.0 Å². The Labute approximate surface area is 151 Å². The quantitative estimate of drug-likeness (QED) is 0.615. The van der Waals surface area contributed by atoms with Crippen molar-refractivity contribution in [1.82, 2.24) is 5.32 Å². The molecule has 0 aromatic heterocycles. The van der Waals surface area contributed by atoms with E-state index in [0.29, 0.717) is 22.6 Å². The van der Waals surface area contributed by atoms with Crippen molar-refractivity contribution in [3.05, 3.63) is 59.7 Å². The van der Waals surface area contributed by atoms with Crippen LogP contribution in [-0.4, -0.2) is 41.9 Å². The highest BCUT2D eigenvalue weighted by molar-refractivity contribution is 6.05. The van der Waals surface area contributed by atoms with E-state index in [1.807, 2.05) is 0 Å². The molecule has 1 atom stereocenters. The lowest BCUT2D eigenvalue weighted by Gasteiger charge is -2.22. The Bertz CT molecular complexity index is 755. The van der Waals surface area contributed by atoms with Crippen molar-refractivity contribution in [2.24, 2.45) is 0 Å². The normalized spacial score (nSPS) is 12.7. The zero-order valence-electron chi connectivity index (χ0n) is 14.6. The van der Waals surface area contributed by atoms with E-state index in [4.69, 9.17) is 9.47 Å². The molecular weight excluding hydrogens is 338 g/mol. The number of rotatable bonds is 8. The van der Waals surface area contributed by atoms with Crippen LogP contribution in [0.15, 0.2) is 48.5 Å². The molecule has 0 fully saturated rings. The molecule has 7 nitrogen and oxygen atoms in total. The van der Waals surface area contributed by atoms with Crippen LogP contribution in [0.5, 0.6) is 11.5 Å². The van der Waals surface area contributed by atoms with Gasteiger partial charge in [0.25, 0.3) is 5.91 Å². The second-order valence-corrected chi connectivity index (χ2v) is 5.73. The van der Waals surface area contributed by atoms with Gasteiger partial charge in [0.2, 0.25) is 5.60 Å². The van der Waals surface area contributed by atoms with Crippen LogP contribution in [0.4, 0.5) is 0 Å².